The van der Waals surface area contributed by atoms with Crippen LogP contribution in [-0.2, 0) is 0 Å². The molecule has 2 heteroatoms. The quantitative estimate of drug-likeness (QED) is 0.689. The molecule has 0 fully saturated rings. The number of aryl methyl sites for hydroxylation is 1. The molecule has 0 aliphatic rings. The summed E-state index contributed by atoms with van der Waals surface area (Å²) in [6, 6.07) is 9.88. The van der Waals surface area contributed by atoms with Crippen LogP contribution in [0.3, 0.4) is 0 Å². The molecule has 14 heavy (non-hydrogen) atoms. The van der Waals surface area contributed by atoms with Crippen LogP contribution < -0.4 is 0 Å². The van der Waals surface area contributed by atoms with Crippen molar-refractivity contribution in [2.24, 2.45) is 0 Å². The predicted molar refractivity (Wildman–Crippen MR) is 59.4 cm³/mol. The molecule has 0 bridgehead atoms. The van der Waals surface area contributed by atoms with Crippen LogP contribution in [0.5, 0.6) is 0 Å². The van der Waals surface area contributed by atoms with Crippen molar-refractivity contribution in [1.82, 2.24) is 4.98 Å². The molecule has 0 unspecified atom stereocenters. The Bertz CT molecular complexity index is 408. The van der Waals surface area contributed by atoms with Gasteiger partial charge in [0.2, 0.25) is 0 Å². The fourth-order valence-electron chi connectivity index (χ4n) is 1.38. The summed E-state index contributed by atoms with van der Waals surface area (Å²) in [7, 11) is 0. The van der Waals surface area contributed by atoms with Crippen LogP contribution in [0.25, 0.3) is 11.1 Å². The highest BCUT2D eigenvalue weighted by molar-refractivity contribution is 6.30. The van der Waals surface area contributed by atoms with Crippen molar-refractivity contribution < 1.29 is 0 Å². The first-order valence-corrected chi connectivity index (χ1v) is 4.81. The van der Waals surface area contributed by atoms with E-state index in [1.165, 1.54) is 0 Å². The number of pyridine rings is 1. The maximum Gasteiger partial charge on any atom is 0.0412 e. The van der Waals surface area contributed by atoms with Gasteiger partial charge < -0.3 is 0 Å². The fraction of sp³-hybridized carbons (Fsp3) is 0.0833. The molecule has 1 aromatic carbocycles. The molecule has 0 aliphatic carbocycles. The van der Waals surface area contributed by atoms with Crippen LogP contribution in [0.1, 0.15) is 5.56 Å². The number of benzene rings is 1. The van der Waals surface area contributed by atoms with Crippen LogP contribution in [0.15, 0.2) is 42.7 Å². The Morgan fingerprint density at radius 2 is 1.93 bits per heavy atom. The number of rotatable bonds is 1. The van der Waals surface area contributed by atoms with Crippen molar-refractivity contribution in [3.63, 3.8) is 0 Å². The molecule has 0 saturated carbocycles. The number of halogens is 1. The summed E-state index contributed by atoms with van der Waals surface area (Å²) in [5.41, 5.74) is 3.36. The summed E-state index contributed by atoms with van der Waals surface area (Å²) in [5.74, 6) is 0. The molecule has 0 atom stereocenters. The first-order valence-electron chi connectivity index (χ1n) is 4.43. The Kier molecular flexibility index (Phi) is 2.51. The molecule has 70 valence electrons. The van der Waals surface area contributed by atoms with E-state index in [1.807, 2.05) is 43.6 Å². The first kappa shape index (κ1) is 9.22. The zero-order chi connectivity index (χ0) is 9.97. The first-order chi connectivity index (χ1) is 6.75. The summed E-state index contributed by atoms with van der Waals surface area (Å²) >= 11 is 5.91. The summed E-state index contributed by atoms with van der Waals surface area (Å²) < 4.78 is 0. The van der Waals surface area contributed by atoms with Gasteiger partial charge in [-0.25, -0.2) is 0 Å². The van der Waals surface area contributed by atoms with Crippen molar-refractivity contribution in [3.05, 3.63) is 53.3 Å². The standard InChI is InChI=1S/C12H10ClN/c1-9-5-11(8-14-7-9)10-3-2-4-12(13)6-10/h2-8H,1H3. The molecular weight excluding hydrogens is 194 g/mol. The van der Waals surface area contributed by atoms with E-state index >= 15 is 0 Å². The van der Waals surface area contributed by atoms with E-state index in [0.717, 1.165) is 21.7 Å². The SMILES string of the molecule is Cc1cncc(-c2cccc(Cl)c2)c1. The Hall–Kier alpha value is -1.34. The Morgan fingerprint density at radius 3 is 2.64 bits per heavy atom. The summed E-state index contributed by atoms with van der Waals surface area (Å²) in [6.07, 6.45) is 3.69. The average Bonchev–Trinajstić information content (AvgIpc) is 2.18. The maximum absolute atomic E-state index is 5.91. The summed E-state index contributed by atoms with van der Waals surface area (Å²) in [5, 5.41) is 0.754. The van der Waals surface area contributed by atoms with Gasteiger partial charge in [-0.3, -0.25) is 4.98 Å². The molecular formula is C12H10ClN. The molecule has 0 radical (unpaired) electrons. The zero-order valence-electron chi connectivity index (χ0n) is 7.87. The minimum Gasteiger partial charge on any atom is -0.264 e. The van der Waals surface area contributed by atoms with Crippen LogP contribution in [-0.4, -0.2) is 4.98 Å². The van der Waals surface area contributed by atoms with Crippen LogP contribution in [0, 0.1) is 6.92 Å². The molecule has 0 spiro atoms. The predicted octanol–water partition coefficient (Wildman–Crippen LogP) is 3.71. The normalized spacial score (nSPS) is 10.1. The average molecular weight is 204 g/mol. The third kappa shape index (κ3) is 1.94. The van der Waals surface area contributed by atoms with E-state index in [1.54, 1.807) is 0 Å². The Morgan fingerprint density at radius 1 is 1.07 bits per heavy atom. The summed E-state index contributed by atoms with van der Waals surface area (Å²) in [6.45, 7) is 2.03. The molecule has 1 aromatic heterocycles. The van der Waals surface area contributed by atoms with Gasteiger partial charge in [-0.1, -0.05) is 23.7 Å². The lowest BCUT2D eigenvalue weighted by Crippen LogP contribution is -1.81. The van der Waals surface area contributed by atoms with Gasteiger partial charge in [0.15, 0.2) is 0 Å². The van der Waals surface area contributed by atoms with Crippen molar-refractivity contribution in [2.75, 3.05) is 0 Å². The monoisotopic (exact) mass is 203 g/mol. The third-order valence-electron chi connectivity index (χ3n) is 2.03. The van der Waals surface area contributed by atoms with Gasteiger partial charge in [0.25, 0.3) is 0 Å². The second-order valence-corrected chi connectivity index (χ2v) is 3.70. The molecule has 0 aliphatic heterocycles. The Labute approximate surface area is 88.4 Å². The number of nitrogens with zero attached hydrogens (tertiary/aromatic N) is 1. The van der Waals surface area contributed by atoms with Crippen molar-refractivity contribution in [2.45, 2.75) is 6.92 Å². The molecule has 2 rings (SSSR count). The minimum absolute atomic E-state index is 0.754. The van der Waals surface area contributed by atoms with Crippen molar-refractivity contribution in [1.29, 1.82) is 0 Å². The van der Waals surface area contributed by atoms with Crippen LogP contribution in [0.2, 0.25) is 5.02 Å². The van der Waals surface area contributed by atoms with E-state index in [4.69, 9.17) is 11.6 Å². The molecule has 2 aromatic rings. The number of hydrogen-bond donors (Lipinski definition) is 0. The second kappa shape index (κ2) is 3.81. The highest BCUT2D eigenvalue weighted by Crippen LogP contribution is 2.22. The lowest BCUT2D eigenvalue weighted by molar-refractivity contribution is 1.27. The minimum atomic E-state index is 0.754. The number of hydrogen-bond acceptors (Lipinski definition) is 1. The van der Waals surface area contributed by atoms with E-state index in [2.05, 4.69) is 11.1 Å². The van der Waals surface area contributed by atoms with Crippen molar-refractivity contribution in [3.8, 4) is 11.1 Å². The smallest absolute Gasteiger partial charge is 0.0412 e. The van der Waals surface area contributed by atoms with E-state index in [9.17, 15) is 0 Å². The third-order valence-corrected chi connectivity index (χ3v) is 2.27. The van der Waals surface area contributed by atoms with Crippen LogP contribution >= 0.6 is 11.6 Å². The van der Waals surface area contributed by atoms with E-state index < -0.39 is 0 Å². The largest absolute Gasteiger partial charge is 0.264 e. The number of aromatic nitrogens is 1. The van der Waals surface area contributed by atoms with E-state index in [0.29, 0.717) is 0 Å². The zero-order valence-corrected chi connectivity index (χ0v) is 8.62. The van der Waals surface area contributed by atoms with Gasteiger partial charge >= 0.3 is 0 Å². The molecule has 0 amide bonds. The van der Waals surface area contributed by atoms with Crippen LogP contribution in [0.4, 0.5) is 0 Å². The van der Waals surface area contributed by atoms with Crippen molar-refractivity contribution >= 4 is 11.6 Å². The molecule has 0 N–H and O–H groups in total. The van der Waals surface area contributed by atoms with Gasteiger partial charge in [-0.15, -0.1) is 0 Å². The van der Waals surface area contributed by atoms with Gasteiger partial charge in [-0.2, -0.15) is 0 Å². The molecule has 0 saturated heterocycles. The molecule has 1 heterocycles. The molecule has 1 nitrogen and oxygen atoms in total. The van der Waals surface area contributed by atoms with E-state index in [-0.39, 0.29) is 0 Å². The topological polar surface area (TPSA) is 12.9 Å². The lowest BCUT2D eigenvalue weighted by Gasteiger charge is -2.02. The van der Waals surface area contributed by atoms with Gasteiger partial charge in [0.1, 0.15) is 0 Å². The lowest BCUT2D eigenvalue weighted by atomic mass is 10.1. The fourth-order valence-corrected chi connectivity index (χ4v) is 1.57. The maximum atomic E-state index is 5.91. The van der Waals surface area contributed by atoms with Gasteiger partial charge in [0, 0.05) is 23.0 Å². The van der Waals surface area contributed by atoms with Gasteiger partial charge in [-0.05, 0) is 36.2 Å². The summed E-state index contributed by atoms with van der Waals surface area (Å²) in [4.78, 5) is 4.15. The highest BCUT2D eigenvalue weighted by Gasteiger charge is 1.98. The highest BCUT2D eigenvalue weighted by atomic mass is 35.5. The second-order valence-electron chi connectivity index (χ2n) is 3.26. The Balaban J connectivity index is 2.49. The van der Waals surface area contributed by atoms with Gasteiger partial charge in [0.05, 0.1) is 0 Å².